The minimum absolute atomic E-state index is 0.0603. The number of rotatable bonds is 3. The lowest BCUT2D eigenvalue weighted by Gasteiger charge is -2.23. The van der Waals surface area contributed by atoms with Crippen LogP contribution in [0.4, 0.5) is 0 Å². The van der Waals surface area contributed by atoms with Gasteiger partial charge in [-0.3, -0.25) is 9.59 Å². The molecule has 0 bridgehead atoms. The van der Waals surface area contributed by atoms with E-state index in [9.17, 15) is 18.0 Å². The summed E-state index contributed by atoms with van der Waals surface area (Å²) in [7, 11) is -3.94. The first-order valence-corrected chi connectivity index (χ1v) is 6.36. The molecule has 0 aromatic rings. The number of hydrogen-bond donors (Lipinski definition) is 2. The Morgan fingerprint density at radius 3 is 2.12 bits per heavy atom. The number of carboxylic acids is 2. The Balaban J connectivity index is 3.32. The van der Waals surface area contributed by atoms with Crippen LogP contribution in [-0.4, -0.2) is 41.6 Å². The summed E-state index contributed by atoms with van der Waals surface area (Å²) in [6.45, 7) is 3.40. The van der Waals surface area contributed by atoms with Crippen LogP contribution in [0.5, 0.6) is 0 Å². The molecule has 0 saturated heterocycles. The third-order valence-corrected chi connectivity index (χ3v) is 4.82. The minimum Gasteiger partial charge on any atom is -0.481 e. The molecular formula is C9H12O6S. The predicted molar refractivity (Wildman–Crippen MR) is 54.7 cm³/mol. The van der Waals surface area contributed by atoms with E-state index in [1.165, 1.54) is 0 Å². The standard InChI is InChI=1S/C9H12O6S/c1-5-3-6(7(10)11)4-9(5,8(12)13)16(2,14)15/h6H,1,3-4H2,2H3,(H,10,11)(H,12,13)/t6-,9-/m1/s1. The van der Waals surface area contributed by atoms with Gasteiger partial charge in [0.15, 0.2) is 14.6 Å². The molecule has 0 aliphatic heterocycles. The molecule has 0 radical (unpaired) electrons. The second-order valence-corrected chi connectivity index (χ2v) is 6.19. The number of carbonyl (C=O) groups is 2. The molecule has 1 fully saturated rings. The second kappa shape index (κ2) is 3.58. The second-order valence-electron chi connectivity index (χ2n) is 3.95. The smallest absolute Gasteiger partial charge is 0.329 e. The molecule has 0 amide bonds. The van der Waals surface area contributed by atoms with E-state index >= 15 is 0 Å². The van der Waals surface area contributed by atoms with Crippen molar-refractivity contribution in [1.29, 1.82) is 0 Å². The van der Waals surface area contributed by atoms with Gasteiger partial charge in [-0.25, -0.2) is 8.42 Å². The molecule has 2 atom stereocenters. The van der Waals surface area contributed by atoms with Gasteiger partial charge in [-0.15, -0.1) is 0 Å². The lowest BCUT2D eigenvalue weighted by Crippen LogP contribution is -2.45. The molecule has 1 aliphatic rings. The fourth-order valence-electron chi connectivity index (χ4n) is 2.01. The Morgan fingerprint density at radius 1 is 1.44 bits per heavy atom. The van der Waals surface area contributed by atoms with E-state index in [2.05, 4.69) is 6.58 Å². The number of hydrogen-bond acceptors (Lipinski definition) is 4. The Labute approximate surface area is 92.5 Å². The lowest BCUT2D eigenvalue weighted by molar-refractivity contribution is -0.142. The van der Waals surface area contributed by atoms with Crippen LogP contribution in [-0.2, 0) is 19.4 Å². The van der Waals surface area contributed by atoms with Gasteiger partial charge in [0.25, 0.3) is 0 Å². The molecule has 7 heteroatoms. The van der Waals surface area contributed by atoms with Gasteiger partial charge in [-0.05, 0) is 18.4 Å². The lowest BCUT2D eigenvalue weighted by atomic mass is 10.0. The topological polar surface area (TPSA) is 109 Å². The van der Waals surface area contributed by atoms with Crippen molar-refractivity contribution in [2.75, 3.05) is 6.26 Å². The van der Waals surface area contributed by atoms with Crippen molar-refractivity contribution in [3.05, 3.63) is 12.2 Å². The molecule has 0 heterocycles. The molecule has 16 heavy (non-hydrogen) atoms. The van der Waals surface area contributed by atoms with Gasteiger partial charge in [0.2, 0.25) is 0 Å². The molecule has 0 spiro atoms. The maximum atomic E-state index is 11.5. The Bertz CT molecular complexity index is 462. The van der Waals surface area contributed by atoms with Crippen LogP contribution in [0.25, 0.3) is 0 Å². The van der Waals surface area contributed by atoms with Crippen LogP contribution in [0.3, 0.4) is 0 Å². The highest BCUT2D eigenvalue weighted by Gasteiger charge is 2.57. The van der Waals surface area contributed by atoms with Crippen molar-refractivity contribution >= 4 is 21.8 Å². The maximum absolute atomic E-state index is 11.5. The molecule has 0 aromatic carbocycles. The monoisotopic (exact) mass is 248 g/mol. The van der Waals surface area contributed by atoms with Crippen LogP contribution >= 0.6 is 0 Å². The molecule has 1 saturated carbocycles. The van der Waals surface area contributed by atoms with Crippen molar-refractivity contribution in [1.82, 2.24) is 0 Å². The zero-order valence-electron chi connectivity index (χ0n) is 8.63. The molecule has 6 nitrogen and oxygen atoms in total. The first kappa shape index (κ1) is 12.7. The molecule has 2 N–H and O–H groups in total. The average molecular weight is 248 g/mol. The van der Waals surface area contributed by atoms with Gasteiger partial charge in [0.05, 0.1) is 5.92 Å². The van der Waals surface area contributed by atoms with Crippen LogP contribution in [0.15, 0.2) is 12.2 Å². The van der Waals surface area contributed by atoms with Gasteiger partial charge < -0.3 is 10.2 Å². The van der Waals surface area contributed by atoms with Gasteiger partial charge in [-0.2, -0.15) is 0 Å². The zero-order chi connectivity index (χ0) is 12.7. The highest BCUT2D eigenvalue weighted by atomic mass is 32.2. The minimum atomic E-state index is -3.94. The number of sulfone groups is 1. The summed E-state index contributed by atoms with van der Waals surface area (Å²) in [5.74, 6) is -3.75. The van der Waals surface area contributed by atoms with E-state index in [0.29, 0.717) is 0 Å². The van der Waals surface area contributed by atoms with Crippen molar-refractivity contribution < 1.29 is 28.2 Å². The highest BCUT2D eigenvalue weighted by Crippen LogP contribution is 2.44. The van der Waals surface area contributed by atoms with Crippen molar-refractivity contribution in [2.24, 2.45) is 5.92 Å². The summed E-state index contributed by atoms with van der Waals surface area (Å²) in [6.07, 6.45) is 0.223. The quantitative estimate of drug-likeness (QED) is 0.675. The van der Waals surface area contributed by atoms with Crippen molar-refractivity contribution in [2.45, 2.75) is 17.6 Å². The molecule has 0 aromatic heterocycles. The molecule has 0 unspecified atom stereocenters. The Hall–Kier alpha value is -1.37. The van der Waals surface area contributed by atoms with Gasteiger partial charge in [-0.1, -0.05) is 6.58 Å². The van der Waals surface area contributed by atoms with Crippen LogP contribution < -0.4 is 0 Å². The zero-order valence-corrected chi connectivity index (χ0v) is 9.45. The van der Waals surface area contributed by atoms with E-state index in [-0.39, 0.29) is 12.0 Å². The molecular weight excluding hydrogens is 236 g/mol. The SMILES string of the molecule is C=C1C[C@@H](C(=O)O)C[C@@]1(C(=O)O)S(C)(=O)=O. The van der Waals surface area contributed by atoms with E-state index in [0.717, 1.165) is 6.26 Å². The van der Waals surface area contributed by atoms with Crippen molar-refractivity contribution in [3.8, 4) is 0 Å². The predicted octanol–water partition coefficient (Wildman–Crippen LogP) is -0.0948. The van der Waals surface area contributed by atoms with E-state index in [4.69, 9.17) is 10.2 Å². The number of carboxylic acid groups (broad SMARTS) is 2. The van der Waals surface area contributed by atoms with Crippen molar-refractivity contribution in [3.63, 3.8) is 0 Å². The highest BCUT2D eigenvalue weighted by molar-refractivity contribution is 7.93. The van der Waals surface area contributed by atoms with Crippen LogP contribution in [0.1, 0.15) is 12.8 Å². The summed E-state index contributed by atoms with van der Waals surface area (Å²) < 4.78 is 20.9. The summed E-state index contributed by atoms with van der Waals surface area (Å²) in [5.41, 5.74) is -0.0603. The van der Waals surface area contributed by atoms with Crippen LogP contribution in [0, 0.1) is 5.92 Å². The van der Waals surface area contributed by atoms with E-state index in [1.54, 1.807) is 0 Å². The summed E-state index contributed by atoms with van der Waals surface area (Å²) in [4.78, 5) is 21.9. The summed E-state index contributed by atoms with van der Waals surface area (Å²) in [6, 6.07) is 0. The molecule has 1 aliphatic carbocycles. The number of aliphatic carboxylic acids is 2. The fourth-order valence-corrected chi connectivity index (χ4v) is 3.44. The third-order valence-electron chi connectivity index (χ3n) is 2.93. The average Bonchev–Trinajstić information content (AvgIpc) is 2.42. The normalized spacial score (nSPS) is 30.3. The Kier molecular flexibility index (Phi) is 2.84. The first-order valence-electron chi connectivity index (χ1n) is 4.47. The fraction of sp³-hybridized carbons (Fsp3) is 0.556. The summed E-state index contributed by atoms with van der Waals surface area (Å²) >= 11 is 0. The van der Waals surface area contributed by atoms with E-state index in [1.807, 2.05) is 0 Å². The maximum Gasteiger partial charge on any atom is 0.329 e. The third kappa shape index (κ3) is 1.60. The van der Waals surface area contributed by atoms with Gasteiger partial charge >= 0.3 is 11.9 Å². The largest absolute Gasteiger partial charge is 0.481 e. The van der Waals surface area contributed by atoms with Crippen LogP contribution in [0.2, 0.25) is 0 Å². The molecule has 90 valence electrons. The van der Waals surface area contributed by atoms with E-state index < -0.39 is 38.9 Å². The molecule has 1 rings (SSSR count). The Morgan fingerprint density at radius 2 is 1.94 bits per heavy atom. The summed E-state index contributed by atoms with van der Waals surface area (Å²) in [5, 5.41) is 17.8. The van der Waals surface area contributed by atoms with Gasteiger partial charge in [0, 0.05) is 6.26 Å². The first-order chi connectivity index (χ1) is 7.13. The van der Waals surface area contributed by atoms with Gasteiger partial charge in [0.1, 0.15) is 0 Å².